The molecule has 0 unspecified atom stereocenters. The third-order valence-corrected chi connectivity index (χ3v) is 2.83. The van der Waals surface area contributed by atoms with Crippen LogP contribution in [0.1, 0.15) is 6.92 Å². The molecule has 1 aromatic rings. The monoisotopic (exact) mass is 245 g/mol. The van der Waals surface area contributed by atoms with E-state index in [1.165, 1.54) is 0 Å². The molecular weight excluding hydrogens is 233 g/mol. The van der Waals surface area contributed by atoms with Crippen LogP contribution in [0.4, 0.5) is 0 Å². The minimum absolute atomic E-state index is 0.258. The molecule has 0 radical (unpaired) electrons. The molecule has 0 aliphatic carbocycles. The average Bonchev–Trinajstić information content (AvgIpc) is 2.15. The first-order chi connectivity index (χ1) is 6.20. The number of nitrogens with two attached hydrogens (primary N) is 1. The van der Waals surface area contributed by atoms with Crippen molar-refractivity contribution in [2.75, 3.05) is 0 Å². The van der Waals surface area contributed by atoms with Crippen molar-refractivity contribution in [3.63, 3.8) is 0 Å². The topological polar surface area (TPSA) is 52.3 Å². The fourth-order valence-electron chi connectivity index (χ4n) is 0.641. The quantitative estimate of drug-likeness (QED) is 0.750. The molecule has 2 N–H and O–H groups in total. The Kier molecular flexibility index (Phi) is 3.96. The first-order valence-corrected chi connectivity index (χ1v) is 5.44. The maximum absolute atomic E-state index is 11.0. The molecule has 0 fully saturated rings. The van der Waals surface area contributed by atoms with Gasteiger partial charge in [0.2, 0.25) is 0 Å². The van der Waals surface area contributed by atoms with Gasteiger partial charge in [0.1, 0.15) is 0 Å². The van der Waals surface area contributed by atoms with Crippen LogP contribution in [0.25, 0.3) is 0 Å². The van der Waals surface area contributed by atoms with Gasteiger partial charge >= 0.3 is 83.4 Å². The van der Waals surface area contributed by atoms with E-state index < -0.39 is 6.04 Å². The zero-order valence-corrected chi connectivity index (χ0v) is 8.98. The minimum atomic E-state index is -0.536. The van der Waals surface area contributed by atoms with Crippen molar-refractivity contribution >= 4 is 25.7 Å². The molecule has 13 heavy (non-hydrogen) atoms. The Hall–Kier alpha value is -0.831. The summed E-state index contributed by atoms with van der Waals surface area (Å²) in [6, 6.07) is 9.06. The van der Waals surface area contributed by atoms with Crippen LogP contribution in [0.2, 0.25) is 0 Å². The first kappa shape index (κ1) is 10.3. The van der Waals surface area contributed by atoms with E-state index in [2.05, 4.69) is 0 Å². The van der Waals surface area contributed by atoms with Crippen molar-refractivity contribution in [2.24, 2.45) is 5.73 Å². The van der Waals surface area contributed by atoms with Crippen molar-refractivity contribution in [2.45, 2.75) is 13.0 Å². The van der Waals surface area contributed by atoms with E-state index in [9.17, 15) is 4.79 Å². The van der Waals surface area contributed by atoms with Crippen LogP contribution in [-0.4, -0.2) is 27.3 Å². The van der Waals surface area contributed by atoms with Crippen molar-refractivity contribution < 1.29 is 8.61 Å². The molecule has 1 aromatic carbocycles. The summed E-state index contributed by atoms with van der Waals surface area (Å²) >= 11 is -0.258. The summed E-state index contributed by atoms with van der Waals surface area (Å²) in [5, 5.41) is 0. The Morgan fingerprint density at radius 2 is 2.08 bits per heavy atom. The van der Waals surface area contributed by atoms with Crippen LogP contribution in [-0.2, 0) is 8.61 Å². The fourth-order valence-corrected chi connectivity index (χ4v) is 1.90. The Labute approximate surface area is 83.7 Å². The van der Waals surface area contributed by atoms with E-state index in [1.54, 1.807) is 6.92 Å². The van der Waals surface area contributed by atoms with Gasteiger partial charge in [0.15, 0.2) is 0 Å². The SMILES string of the molecule is C[C@H](N)C(=O)O[Se]c1ccccc1. The molecule has 0 heterocycles. The van der Waals surface area contributed by atoms with Crippen LogP contribution in [0.3, 0.4) is 0 Å². The second-order valence-electron chi connectivity index (χ2n) is 2.59. The second-order valence-corrected chi connectivity index (χ2v) is 4.28. The summed E-state index contributed by atoms with van der Waals surface area (Å²) in [5.41, 5.74) is 5.34. The zero-order chi connectivity index (χ0) is 9.68. The predicted molar refractivity (Wildman–Crippen MR) is 51.6 cm³/mol. The molecule has 0 aliphatic heterocycles. The number of rotatable bonds is 3. The summed E-state index contributed by atoms with van der Waals surface area (Å²) in [6.45, 7) is 1.61. The Balaban J connectivity index is 2.40. The van der Waals surface area contributed by atoms with Gasteiger partial charge in [0.25, 0.3) is 0 Å². The molecule has 0 aliphatic rings. The third-order valence-electron chi connectivity index (χ3n) is 1.34. The number of hydrogen-bond donors (Lipinski definition) is 1. The molecule has 0 spiro atoms. The van der Waals surface area contributed by atoms with Crippen molar-refractivity contribution in [1.82, 2.24) is 0 Å². The van der Waals surface area contributed by atoms with Gasteiger partial charge in [-0.1, -0.05) is 0 Å². The maximum atomic E-state index is 11.0. The van der Waals surface area contributed by atoms with Crippen molar-refractivity contribution in [3.05, 3.63) is 30.3 Å². The second kappa shape index (κ2) is 5.02. The molecule has 0 amide bonds. The molecule has 4 heteroatoms. The summed E-state index contributed by atoms with van der Waals surface area (Å²) in [4.78, 5) is 11.0. The zero-order valence-electron chi connectivity index (χ0n) is 7.27. The molecule has 0 bridgehead atoms. The van der Waals surface area contributed by atoms with Crippen molar-refractivity contribution in [1.29, 1.82) is 0 Å². The summed E-state index contributed by atoms with van der Waals surface area (Å²) in [6.07, 6.45) is 0. The van der Waals surface area contributed by atoms with Crippen LogP contribution >= 0.6 is 0 Å². The number of carbonyl (C=O) groups excluding carboxylic acids is 1. The summed E-state index contributed by atoms with van der Waals surface area (Å²) < 4.78 is 6.02. The summed E-state index contributed by atoms with van der Waals surface area (Å²) in [7, 11) is 0. The van der Waals surface area contributed by atoms with Crippen LogP contribution < -0.4 is 10.2 Å². The van der Waals surface area contributed by atoms with Gasteiger partial charge < -0.3 is 0 Å². The number of hydrogen-bond acceptors (Lipinski definition) is 3. The van der Waals surface area contributed by atoms with Gasteiger partial charge in [-0.2, -0.15) is 0 Å². The standard InChI is InChI=1S/C9H11NO2Se/c1-7(10)9(11)12-13-8-5-3-2-4-6-8/h2-7H,10H2,1H3/t7-/m0/s1. The normalized spacial score (nSPS) is 12.2. The Morgan fingerprint density at radius 3 is 2.62 bits per heavy atom. The van der Waals surface area contributed by atoms with E-state index >= 15 is 0 Å². The number of benzene rings is 1. The molecule has 0 saturated carbocycles. The predicted octanol–water partition coefficient (Wildman–Crippen LogP) is -0.178. The Bertz CT molecular complexity index is 274. The van der Waals surface area contributed by atoms with Gasteiger partial charge in [-0.15, -0.1) is 0 Å². The van der Waals surface area contributed by atoms with Crippen molar-refractivity contribution in [3.8, 4) is 0 Å². The number of carbonyl (C=O) groups is 1. The molecule has 0 aromatic heterocycles. The van der Waals surface area contributed by atoms with E-state index in [-0.39, 0.29) is 21.3 Å². The van der Waals surface area contributed by atoms with E-state index in [0.29, 0.717) is 0 Å². The van der Waals surface area contributed by atoms with Gasteiger partial charge in [0, 0.05) is 0 Å². The molecule has 1 rings (SSSR count). The first-order valence-electron chi connectivity index (χ1n) is 3.89. The van der Waals surface area contributed by atoms with Gasteiger partial charge in [-0.25, -0.2) is 0 Å². The van der Waals surface area contributed by atoms with Gasteiger partial charge in [-0.05, 0) is 0 Å². The molecule has 3 nitrogen and oxygen atoms in total. The third kappa shape index (κ3) is 3.59. The molecule has 1 atom stereocenters. The van der Waals surface area contributed by atoms with Crippen LogP contribution in [0, 0.1) is 0 Å². The molecular formula is C9H11NO2Se. The van der Waals surface area contributed by atoms with Crippen LogP contribution in [0.15, 0.2) is 30.3 Å². The van der Waals surface area contributed by atoms with E-state index in [4.69, 9.17) is 9.55 Å². The van der Waals surface area contributed by atoms with Gasteiger partial charge in [-0.3, -0.25) is 0 Å². The summed E-state index contributed by atoms with van der Waals surface area (Å²) in [5.74, 6) is -0.344. The van der Waals surface area contributed by atoms with Gasteiger partial charge in [0.05, 0.1) is 0 Å². The Morgan fingerprint density at radius 1 is 1.46 bits per heavy atom. The molecule has 70 valence electrons. The molecule has 0 saturated heterocycles. The van der Waals surface area contributed by atoms with Crippen LogP contribution in [0.5, 0.6) is 0 Å². The van der Waals surface area contributed by atoms with E-state index in [1.807, 2.05) is 30.3 Å². The fraction of sp³-hybridized carbons (Fsp3) is 0.222. The van der Waals surface area contributed by atoms with E-state index in [0.717, 1.165) is 4.46 Å². The average molecular weight is 244 g/mol.